The number of ether oxygens (including phenoxy) is 1. The number of nitrogen functional groups attached to an aromatic ring is 1. The lowest BCUT2D eigenvalue weighted by atomic mass is 10.1. The SMILES string of the molecule is COc1cc(/C=N/NC(=O)c2c(-c3ccccc3)nnn2-c2nonc2N)cc(Br)c1O. The molecule has 162 valence electrons. The van der Waals surface area contributed by atoms with Crippen LogP contribution in [0.25, 0.3) is 17.1 Å². The third-order valence-electron chi connectivity index (χ3n) is 4.28. The first kappa shape index (κ1) is 21.0. The maximum absolute atomic E-state index is 13.0. The molecule has 0 fully saturated rings. The van der Waals surface area contributed by atoms with E-state index in [4.69, 9.17) is 10.5 Å². The van der Waals surface area contributed by atoms with Crippen LogP contribution < -0.4 is 15.9 Å². The van der Waals surface area contributed by atoms with Crippen molar-refractivity contribution >= 4 is 33.9 Å². The quantitative estimate of drug-likeness (QED) is 0.266. The standard InChI is InChI=1S/C19H15BrN8O4/c1-31-13-8-10(7-12(20)16(13)29)9-22-24-19(30)15-14(11-5-3-2-4-6-11)23-27-28(15)18-17(21)25-32-26-18/h2-9,29H,1H3,(H2,21,25)(H,24,30)/b22-9+. The van der Waals surface area contributed by atoms with Crippen LogP contribution in [0.3, 0.4) is 0 Å². The number of nitrogens with two attached hydrogens (primary N) is 1. The third-order valence-corrected chi connectivity index (χ3v) is 4.88. The Labute approximate surface area is 188 Å². The number of halogens is 1. The minimum atomic E-state index is -0.627. The van der Waals surface area contributed by atoms with Gasteiger partial charge in [0.25, 0.3) is 5.91 Å². The Morgan fingerprint density at radius 2 is 2.09 bits per heavy atom. The summed E-state index contributed by atoms with van der Waals surface area (Å²) in [6, 6.07) is 12.2. The fraction of sp³-hybridized carbons (Fsp3) is 0.0526. The van der Waals surface area contributed by atoms with Gasteiger partial charge in [-0.3, -0.25) is 4.79 Å². The lowest BCUT2D eigenvalue weighted by Crippen LogP contribution is -2.22. The second-order valence-electron chi connectivity index (χ2n) is 6.29. The maximum atomic E-state index is 13.0. The van der Waals surface area contributed by atoms with Gasteiger partial charge in [-0.2, -0.15) is 9.78 Å². The van der Waals surface area contributed by atoms with Gasteiger partial charge in [-0.05, 0) is 43.9 Å². The zero-order valence-electron chi connectivity index (χ0n) is 16.4. The molecule has 0 radical (unpaired) electrons. The van der Waals surface area contributed by atoms with Gasteiger partial charge in [0.2, 0.25) is 11.6 Å². The predicted molar refractivity (Wildman–Crippen MR) is 116 cm³/mol. The summed E-state index contributed by atoms with van der Waals surface area (Å²) in [6.07, 6.45) is 1.38. The van der Waals surface area contributed by atoms with E-state index in [1.807, 2.05) is 6.07 Å². The number of carbonyl (C=O) groups is 1. The number of carbonyl (C=O) groups excluding carboxylic acids is 1. The Bertz CT molecular complexity index is 1300. The number of hydrogen-bond donors (Lipinski definition) is 3. The van der Waals surface area contributed by atoms with E-state index in [1.54, 1.807) is 36.4 Å². The zero-order chi connectivity index (χ0) is 22.7. The van der Waals surface area contributed by atoms with Crippen LogP contribution >= 0.6 is 15.9 Å². The van der Waals surface area contributed by atoms with Crippen molar-refractivity contribution in [2.45, 2.75) is 0 Å². The number of hydrogen-bond acceptors (Lipinski definition) is 10. The summed E-state index contributed by atoms with van der Waals surface area (Å²) in [5.74, 6) is -0.476. The van der Waals surface area contributed by atoms with Crippen molar-refractivity contribution in [2.24, 2.45) is 5.10 Å². The molecule has 12 nitrogen and oxygen atoms in total. The highest BCUT2D eigenvalue weighted by Gasteiger charge is 2.25. The molecule has 2 aromatic carbocycles. The zero-order valence-corrected chi connectivity index (χ0v) is 18.0. The molecule has 4 N–H and O–H groups in total. The molecule has 0 saturated carbocycles. The smallest absolute Gasteiger partial charge is 0.292 e. The molecular weight excluding hydrogens is 484 g/mol. The number of amides is 1. The van der Waals surface area contributed by atoms with Crippen molar-refractivity contribution < 1.29 is 19.3 Å². The van der Waals surface area contributed by atoms with Crippen molar-refractivity contribution in [2.75, 3.05) is 12.8 Å². The molecule has 1 amide bonds. The molecule has 0 atom stereocenters. The number of aromatic nitrogens is 5. The average Bonchev–Trinajstić information content (AvgIpc) is 3.42. The van der Waals surface area contributed by atoms with Gasteiger partial charge in [0.05, 0.1) is 17.8 Å². The summed E-state index contributed by atoms with van der Waals surface area (Å²) >= 11 is 3.23. The van der Waals surface area contributed by atoms with E-state index in [0.29, 0.717) is 15.6 Å². The lowest BCUT2D eigenvalue weighted by Gasteiger charge is -2.07. The predicted octanol–water partition coefficient (Wildman–Crippen LogP) is 2.14. The van der Waals surface area contributed by atoms with E-state index in [9.17, 15) is 9.90 Å². The van der Waals surface area contributed by atoms with Crippen LogP contribution in [-0.2, 0) is 0 Å². The normalized spacial score (nSPS) is 11.1. The van der Waals surface area contributed by atoms with Crippen LogP contribution in [0.2, 0.25) is 0 Å². The molecule has 0 spiro atoms. The van der Waals surface area contributed by atoms with Gasteiger partial charge < -0.3 is 15.6 Å². The van der Waals surface area contributed by atoms with Crippen LogP contribution in [0.4, 0.5) is 5.82 Å². The second-order valence-corrected chi connectivity index (χ2v) is 7.14. The molecule has 0 aliphatic rings. The van der Waals surface area contributed by atoms with E-state index in [-0.39, 0.29) is 34.5 Å². The Morgan fingerprint density at radius 3 is 2.78 bits per heavy atom. The number of methoxy groups -OCH3 is 1. The number of nitrogens with zero attached hydrogens (tertiary/aromatic N) is 6. The average molecular weight is 499 g/mol. The van der Waals surface area contributed by atoms with Gasteiger partial charge in [-0.1, -0.05) is 35.5 Å². The second kappa shape index (κ2) is 8.85. The largest absolute Gasteiger partial charge is 0.503 e. The molecule has 0 unspecified atom stereocenters. The Kier molecular flexibility index (Phi) is 5.81. The number of anilines is 1. The fourth-order valence-corrected chi connectivity index (χ4v) is 3.26. The highest BCUT2D eigenvalue weighted by atomic mass is 79.9. The van der Waals surface area contributed by atoms with Crippen LogP contribution in [0.5, 0.6) is 11.5 Å². The van der Waals surface area contributed by atoms with Gasteiger partial charge in [0.15, 0.2) is 17.2 Å². The molecule has 32 heavy (non-hydrogen) atoms. The Morgan fingerprint density at radius 1 is 1.31 bits per heavy atom. The van der Waals surface area contributed by atoms with Crippen molar-refractivity contribution in [3.05, 3.63) is 58.2 Å². The first-order valence-corrected chi connectivity index (χ1v) is 9.78. The van der Waals surface area contributed by atoms with E-state index in [0.717, 1.165) is 4.68 Å². The number of phenols is 1. The van der Waals surface area contributed by atoms with E-state index in [1.165, 1.54) is 13.3 Å². The Balaban J connectivity index is 1.67. The van der Waals surface area contributed by atoms with Gasteiger partial charge in [-0.15, -0.1) is 5.10 Å². The Hall–Kier alpha value is -4.26. The van der Waals surface area contributed by atoms with E-state index in [2.05, 4.69) is 51.7 Å². The van der Waals surface area contributed by atoms with Crippen molar-refractivity contribution in [1.82, 2.24) is 30.7 Å². The summed E-state index contributed by atoms with van der Waals surface area (Å²) in [7, 11) is 1.42. The van der Waals surface area contributed by atoms with Crippen LogP contribution in [0, 0.1) is 0 Å². The van der Waals surface area contributed by atoms with Gasteiger partial charge in [0.1, 0.15) is 5.69 Å². The van der Waals surface area contributed by atoms with Gasteiger partial charge in [-0.25, -0.2) is 10.1 Å². The number of phenolic OH excluding ortho intramolecular Hbond substituents is 1. The molecule has 4 rings (SSSR count). The molecular formula is C19H15BrN8O4. The van der Waals surface area contributed by atoms with Crippen molar-refractivity contribution in [1.29, 1.82) is 0 Å². The lowest BCUT2D eigenvalue weighted by molar-refractivity contribution is 0.0948. The monoisotopic (exact) mass is 498 g/mol. The summed E-state index contributed by atoms with van der Waals surface area (Å²) in [6.45, 7) is 0. The first-order chi connectivity index (χ1) is 15.5. The minimum absolute atomic E-state index is 0.0148. The summed E-state index contributed by atoms with van der Waals surface area (Å²) in [5.41, 5.74) is 9.72. The number of rotatable bonds is 6. The highest BCUT2D eigenvalue weighted by Crippen LogP contribution is 2.34. The van der Waals surface area contributed by atoms with Gasteiger partial charge in [0, 0.05) is 5.56 Å². The van der Waals surface area contributed by atoms with E-state index >= 15 is 0 Å². The highest BCUT2D eigenvalue weighted by molar-refractivity contribution is 9.10. The summed E-state index contributed by atoms with van der Waals surface area (Å²) < 4.78 is 11.3. The van der Waals surface area contributed by atoms with Gasteiger partial charge >= 0.3 is 0 Å². The van der Waals surface area contributed by atoms with E-state index < -0.39 is 5.91 Å². The van der Waals surface area contributed by atoms with Crippen LogP contribution in [-0.4, -0.2) is 49.6 Å². The molecule has 0 aliphatic carbocycles. The fourth-order valence-electron chi connectivity index (χ4n) is 2.80. The number of benzene rings is 2. The third kappa shape index (κ3) is 4.00. The molecule has 2 heterocycles. The topological polar surface area (TPSA) is 167 Å². The van der Waals surface area contributed by atoms with Crippen molar-refractivity contribution in [3.63, 3.8) is 0 Å². The van der Waals surface area contributed by atoms with Crippen LogP contribution in [0.15, 0.2) is 56.7 Å². The summed E-state index contributed by atoms with van der Waals surface area (Å²) in [4.78, 5) is 13.0. The molecule has 2 aromatic heterocycles. The number of hydrazone groups is 1. The van der Waals surface area contributed by atoms with Crippen LogP contribution in [0.1, 0.15) is 16.1 Å². The van der Waals surface area contributed by atoms with Crippen molar-refractivity contribution in [3.8, 4) is 28.6 Å². The minimum Gasteiger partial charge on any atom is -0.503 e. The molecule has 0 aliphatic heterocycles. The summed E-state index contributed by atoms with van der Waals surface area (Å²) in [5, 5.41) is 29.2. The number of nitrogens with one attached hydrogen (secondary N) is 1. The number of aromatic hydroxyl groups is 1. The molecule has 0 saturated heterocycles. The molecule has 0 bridgehead atoms. The molecule has 13 heteroatoms. The molecule has 4 aromatic rings. The first-order valence-electron chi connectivity index (χ1n) is 8.99. The maximum Gasteiger partial charge on any atom is 0.292 e.